The van der Waals surface area contributed by atoms with Crippen molar-refractivity contribution in [2.45, 2.75) is 27.7 Å². The number of rotatable bonds is 1. The lowest BCUT2D eigenvalue weighted by Gasteiger charge is -2.06. The van der Waals surface area contributed by atoms with E-state index >= 15 is 0 Å². The Balaban J connectivity index is 3.49. The van der Waals surface area contributed by atoms with Gasteiger partial charge in [-0.05, 0) is 45.4 Å². The minimum Gasteiger partial charge on any atom is -0.425 e. The average molecular weight is 193 g/mol. The lowest BCUT2D eigenvalue weighted by molar-refractivity contribution is 0.172. The summed E-state index contributed by atoms with van der Waals surface area (Å²) >= 11 is 0. The fourth-order valence-corrected chi connectivity index (χ4v) is 1.23. The van der Waals surface area contributed by atoms with E-state index in [2.05, 4.69) is 0 Å². The molecule has 14 heavy (non-hydrogen) atoms. The van der Waals surface area contributed by atoms with E-state index < -0.39 is 0 Å². The molecule has 0 saturated carbocycles. The fraction of sp³-hybridized carbons (Fsp3) is 0.364. The smallest absolute Gasteiger partial charge is 0.286 e. The number of allylic oxidation sites excluding steroid dienone is 1. The largest absolute Gasteiger partial charge is 0.425 e. The highest BCUT2D eigenvalue weighted by molar-refractivity contribution is 5.49. The van der Waals surface area contributed by atoms with Crippen molar-refractivity contribution < 1.29 is 5.21 Å². The van der Waals surface area contributed by atoms with Gasteiger partial charge in [0, 0.05) is 5.56 Å². The van der Waals surface area contributed by atoms with Crippen LogP contribution in [0.3, 0.4) is 0 Å². The van der Waals surface area contributed by atoms with Gasteiger partial charge in [0.05, 0.1) is 5.69 Å². The van der Waals surface area contributed by atoms with E-state index in [4.69, 9.17) is 0 Å². The van der Waals surface area contributed by atoms with Crippen LogP contribution in [0.25, 0.3) is 6.08 Å². The van der Waals surface area contributed by atoms with E-state index in [0.29, 0.717) is 16.0 Å². The maximum Gasteiger partial charge on any atom is 0.286 e. The Morgan fingerprint density at radius 3 is 2.50 bits per heavy atom. The molecular formula is C11H15NO2. The van der Waals surface area contributed by atoms with Crippen LogP contribution in [0.2, 0.25) is 0 Å². The summed E-state index contributed by atoms with van der Waals surface area (Å²) in [5.41, 5.74) is 2.69. The fourth-order valence-electron chi connectivity index (χ4n) is 1.23. The first-order valence-corrected chi connectivity index (χ1v) is 4.51. The summed E-state index contributed by atoms with van der Waals surface area (Å²) in [6.07, 6.45) is 1.77. The highest BCUT2D eigenvalue weighted by Crippen LogP contribution is 2.08. The summed E-state index contributed by atoms with van der Waals surface area (Å²) in [4.78, 5) is 11.5. The second-order valence-corrected chi connectivity index (χ2v) is 3.72. The van der Waals surface area contributed by atoms with Crippen molar-refractivity contribution in [3.05, 3.63) is 38.8 Å². The van der Waals surface area contributed by atoms with Gasteiger partial charge in [-0.1, -0.05) is 5.57 Å². The summed E-state index contributed by atoms with van der Waals surface area (Å²) in [6, 6.07) is 1.80. The summed E-state index contributed by atoms with van der Waals surface area (Å²) in [6.45, 7) is 7.40. The van der Waals surface area contributed by atoms with Gasteiger partial charge in [-0.25, -0.2) is 0 Å². The van der Waals surface area contributed by atoms with Crippen molar-refractivity contribution >= 4 is 6.08 Å². The predicted octanol–water partition coefficient (Wildman–Crippen LogP) is 2.13. The van der Waals surface area contributed by atoms with Crippen LogP contribution in [0.4, 0.5) is 0 Å². The average Bonchev–Trinajstić information content (AvgIpc) is 2.10. The minimum absolute atomic E-state index is 0.350. The molecular weight excluding hydrogens is 178 g/mol. The van der Waals surface area contributed by atoms with Gasteiger partial charge in [0.1, 0.15) is 0 Å². The molecule has 1 aromatic heterocycles. The second kappa shape index (κ2) is 3.70. The van der Waals surface area contributed by atoms with Gasteiger partial charge in [0.25, 0.3) is 5.56 Å². The molecule has 0 saturated heterocycles. The Bertz CT molecular complexity index is 437. The van der Waals surface area contributed by atoms with E-state index in [1.54, 1.807) is 19.1 Å². The third-order valence-electron chi connectivity index (χ3n) is 2.15. The SMILES string of the molecule is CC(C)=Cc1cc(C)c(C)c(=O)n1O. The van der Waals surface area contributed by atoms with Crippen molar-refractivity contribution in [2.24, 2.45) is 0 Å². The summed E-state index contributed by atoms with van der Waals surface area (Å²) in [7, 11) is 0. The van der Waals surface area contributed by atoms with E-state index in [0.717, 1.165) is 11.1 Å². The number of nitrogens with zero attached hydrogens (tertiary/aromatic N) is 1. The Morgan fingerprint density at radius 1 is 1.43 bits per heavy atom. The van der Waals surface area contributed by atoms with Gasteiger partial charge >= 0.3 is 0 Å². The van der Waals surface area contributed by atoms with Crippen LogP contribution >= 0.6 is 0 Å². The first kappa shape index (κ1) is 10.6. The number of hydrogen-bond donors (Lipinski definition) is 1. The van der Waals surface area contributed by atoms with Gasteiger partial charge in [-0.2, -0.15) is 0 Å². The van der Waals surface area contributed by atoms with Crippen LogP contribution in [0.1, 0.15) is 30.7 Å². The van der Waals surface area contributed by atoms with Gasteiger partial charge in [-0.3, -0.25) is 4.79 Å². The van der Waals surface area contributed by atoms with E-state index in [1.165, 1.54) is 0 Å². The molecule has 1 N–H and O–H groups in total. The van der Waals surface area contributed by atoms with Gasteiger partial charge in [-0.15, -0.1) is 4.73 Å². The molecule has 0 bridgehead atoms. The van der Waals surface area contributed by atoms with Gasteiger partial charge < -0.3 is 5.21 Å². The van der Waals surface area contributed by atoms with Crippen molar-refractivity contribution in [3.8, 4) is 0 Å². The molecule has 1 rings (SSSR count). The Labute approximate surface area is 83.3 Å². The first-order valence-electron chi connectivity index (χ1n) is 4.51. The Kier molecular flexibility index (Phi) is 2.79. The van der Waals surface area contributed by atoms with Crippen molar-refractivity contribution in [1.82, 2.24) is 4.73 Å². The van der Waals surface area contributed by atoms with E-state index in [9.17, 15) is 10.0 Å². The molecule has 0 unspecified atom stereocenters. The van der Waals surface area contributed by atoms with Crippen molar-refractivity contribution in [1.29, 1.82) is 0 Å². The molecule has 0 spiro atoms. The monoisotopic (exact) mass is 193 g/mol. The van der Waals surface area contributed by atoms with Crippen molar-refractivity contribution in [3.63, 3.8) is 0 Å². The molecule has 1 heterocycles. The number of aromatic nitrogens is 1. The topological polar surface area (TPSA) is 42.2 Å². The van der Waals surface area contributed by atoms with Gasteiger partial charge in [0.2, 0.25) is 0 Å². The summed E-state index contributed by atoms with van der Waals surface area (Å²) in [5, 5.41) is 9.51. The number of aryl methyl sites for hydroxylation is 1. The molecule has 0 aromatic carbocycles. The zero-order valence-corrected chi connectivity index (χ0v) is 8.96. The standard InChI is InChI=1S/C11H15NO2/c1-7(2)5-10-6-8(3)9(4)11(13)12(10)14/h5-6,14H,1-4H3. The Morgan fingerprint density at radius 2 is 2.00 bits per heavy atom. The zero-order valence-electron chi connectivity index (χ0n) is 8.96. The molecule has 3 nitrogen and oxygen atoms in total. The number of pyridine rings is 1. The Hall–Kier alpha value is -1.51. The quantitative estimate of drug-likeness (QED) is 0.694. The molecule has 3 heteroatoms. The zero-order chi connectivity index (χ0) is 10.9. The van der Waals surface area contributed by atoms with Gasteiger partial charge in [0.15, 0.2) is 0 Å². The molecule has 0 aliphatic carbocycles. The number of hydrogen-bond acceptors (Lipinski definition) is 2. The third kappa shape index (κ3) is 1.87. The maximum atomic E-state index is 11.5. The van der Waals surface area contributed by atoms with Crippen LogP contribution in [-0.4, -0.2) is 9.94 Å². The van der Waals surface area contributed by atoms with Crippen LogP contribution in [0.15, 0.2) is 16.4 Å². The molecule has 0 fully saturated rings. The van der Waals surface area contributed by atoms with Crippen LogP contribution < -0.4 is 5.56 Å². The van der Waals surface area contributed by atoms with E-state index in [-0.39, 0.29) is 5.56 Å². The molecule has 0 amide bonds. The molecule has 0 radical (unpaired) electrons. The summed E-state index contributed by atoms with van der Waals surface area (Å²) < 4.78 is 0.690. The molecule has 0 aliphatic heterocycles. The molecule has 1 aromatic rings. The lowest BCUT2D eigenvalue weighted by atomic mass is 10.1. The third-order valence-corrected chi connectivity index (χ3v) is 2.15. The molecule has 0 aliphatic rings. The first-order chi connectivity index (χ1) is 6.43. The lowest BCUT2D eigenvalue weighted by Crippen LogP contribution is -2.23. The predicted molar refractivity (Wildman–Crippen MR) is 56.7 cm³/mol. The van der Waals surface area contributed by atoms with Crippen molar-refractivity contribution in [2.75, 3.05) is 0 Å². The van der Waals surface area contributed by atoms with E-state index in [1.807, 2.05) is 20.8 Å². The second-order valence-electron chi connectivity index (χ2n) is 3.72. The molecule has 76 valence electrons. The highest BCUT2D eigenvalue weighted by atomic mass is 16.5. The van der Waals surface area contributed by atoms with Crippen LogP contribution in [0, 0.1) is 13.8 Å². The van der Waals surface area contributed by atoms with Crippen LogP contribution in [-0.2, 0) is 0 Å². The maximum absolute atomic E-state index is 11.5. The highest BCUT2D eigenvalue weighted by Gasteiger charge is 2.05. The normalized spacial score (nSPS) is 10.0. The summed E-state index contributed by atoms with van der Waals surface area (Å²) in [5.74, 6) is 0. The van der Waals surface area contributed by atoms with Crippen LogP contribution in [0.5, 0.6) is 0 Å². The minimum atomic E-state index is -0.350. The molecule has 0 atom stereocenters.